The molecule has 10 heteroatoms. The van der Waals surface area contributed by atoms with Crippen LogP contribution in [0, 0.1) is 0 Å². The first-order chi connectivity index (χ1) is 9.88. The molecular weight excluding hydrogens is 289 g/mol. The van der Waals surface area contributed by atoms with Crippen LogP contribution in [0.1, 0.15) is 19.2 Å². The Balaban J connectivity index is 2.30. The van der Waals surface area contributed by atoms with Crippen LogP contribution in [-0.4, -0.2) is 31.3 Å². The Morgan fingerprint density at radius 1 is 1.33 bits per heavy atom. The van der Waals surface area contributed by atoms with Crippen molar-refractivity contribution >= 4 is 5.82 Å². The van der Waals surface area contributed by atoms with E-state index in [9.17, 15) is 13.2 Å². The maximum atomic E-state index is 12.8. The first-order valence-corrected chi connectivity index (χ1v) is 6.12. The van der Waals surface area contributed by atoms with E-state index in [2.05, 4.69) is 25.4 Å². The van der Waals surface area contributed by atoms with Crippen molar-refractivity contribution in [2.45, 2.75) is 19.5 Å². The molecule has 2 aromatic heterocycles. The summed E-state index contributed by atoms with van der Waals surface area (Å²) in [6, 6.07) is 1.17. The Morgan fingerprint density at radius 2 is 2.10 bits per heavy atom. The van der Waals surface area contributed by atoms with Crippen molar-refractivity contribution in [2.75, 3.05) is 11.9 Å². The topological polar surface area (TPSA) is 77.8 Å². The minimum absolute atomic E-state index is 0.0325. The normalized spacial score (nSPS) is 11.5. The molecule has 0 atom stereocenters. The van der Waals surface area contributed by atoms with Gasteiger partial charge >= 0.3 is 12.2 Å². The first kappa shape index (κ1) is 15.0. The van der Waals surface area contributed by atoms with Crippen LogP contribution < -0.4 is 10.1 Å². The number of hydrogen-bond donors (Lipinski definition) is 1. The highest BCUT2D eigenvalue weighted by Crippen LogP contribution is 2.29. The molecule has 0 aliphatic rings. The van der Waals surface area contributed by atoms with E-state index in [1.807, 2.05) is 6.92 Å². The number of aryl methyl sites for hydroxylation is 1. The predicted molar refractivity (Wildman–Crippen MR) is 66.9 cm³/mol. The average molecular weight is 302 g/mol. The van der Waals surface area contributed by atoms with Crippen LogP contribution >= 0.6 is 0 Å². The monoisotopic (exact) mass is 302 g/mol. The van der Waals surface area contributed by atoms with Crippen LogP contribution in [0.5, 0.6) is 11.9 Å². The highest BCUT2D eigenvalue weighted by molar-refractivity contribution is 5.39. The molecule has 0 fully saturated rings. The lowest BCUT2D eigenvalue weighted by molar-refractivity contribution is -0.145. The minimum atomic E-state index is -4.67. The summed E-state index contributed by atoms with van der Waals surface area (Å²) in [5.74, 6) is -1.53. The van der Waals surface area contributed by atoms with Gasteiger partial charge in [0.25, 0.3) is 0 Å². The number of ether oxygens (including phenoxy) is 1. The molecule has 0 unspecified atom stereocenters. The molecule has 0 radical (unpaired) electrons. The number of anilines is 1. The zero-order valence-electron chi connectivity index (χ0n) is 11.3. The van der Waals surface area contributed by atoms with E-state index in [1.54, 1.807) is 7.05 Å². The van der Waals surface area contributed by atoms with E-state index in [0.29, 0.717) is 6.54 Å². The first-order valence-electron chi connectivity index (χ1n) is 6.12. The second-order valence-electron chi connectivity index (χ2n) is 4.14. The lowest BCUT2D eigenvalue weighted by atomic mass is 10.4. The Bertz CT molecular complexity index is 612. The van der Waals surface area contributed by atoms with Crippen molar-refractivity contribution in [2.24, 2.45) is 7.05 Å². The van der Waals surface area contributed by atoms with E-state index in [1.165, 1.54) is 17.1 Å². The quantitative estimate of drug-likeness (QED) is 0.912. The molecule has 0 saturated heterocycles. The molecule has 7 nitrogen and oxygen atoms in total. The van der Waals surface area contributed by atoms with Gasteiger partial charge in [0.05, 0.1) is 0 Å². The minimum Gasteiger partial charge on any atom is -0.404 e. The lowest BCUT2D eigenvalue weighted by Gasteiger charge is -2.10. The highest BCUT2D eigenvalue weighted by atomic mass is 19.4. The summed E-state index contributed by atoms with van der Waals surface area (Å²) in [6.07, 6.45) is -2.57. The zero-order valence-corrected chi connectivity index (χ0v) is 11.3. The highest BCUT2D eigenvalue weighted by Gasteiger charge is 2.35. The standard InChI is InChI=1S/C11H13F3N6O/c1-3-4-15-7-5-8(18-9(17-7)11(12,13)14)21-10-16-6-20(2)19-10/h5-6H,3-4H2,1-2H3,(H,15,17,18). The molecule has 0 spiro atoms. The van der Waals surface area contributed by atoms with Crippen LogP contribution in [0.2, 0.25) is 0 Å². The number of nitrogens with zero attached hydrogens (tertiary/aromatic N) is 5. The molecule has 114 valence electrons. The Hall–Kier alpha value is -2.39. The summed E-state index contributed by atoms with van der Waals surface area (Å²) in [5.41, 5.74) is 0. The van der Waals surface area contributed by atoms with Gasteiger partial charge in [-0.3, -0.25) is 4.68 Å². The molecule has 0 aromatic carbocycles. The summed E-state index contributed by atoms with van der Waals surface area (Å²) in [7, 11) is 1.61. The molecule has 0 aliphatic carbocycles. The Morgan fingerprint density at radius 3 is 2.67 bits per heavy atom. The molecule has 2 rings (SSSR count). The van der Waals surface area contributed by atoms with Gasteiger partial charge in [-0.2, -0.15) is 23.1 Å². The third-order valence-electron chi connectivity index (χ3n) is 2.29. The molecule has 0 aliphatic heterocycles. The number of aromatic nitrogens is 5. The van der Waals surface area contributed by atoms with Crippen LogP contribution in [0.25, 0.3) is 0 Å². The molecule has 2 heterocycles. The third kappa shape index (κ3) is 4.04. The molecule has 0 bridgehead atoms. The molecule has 0 saturated carbocycles. The molecule has 21 heavy (non-hydrogen) atoms. The van der Waals surface area contributed by atoms with E-state index in [4.69, 9.17) is 4.74 Å². The SMILES string of the molecule is CCCNc1cc(Oc2ncn(C)n2)nc(C(F)(F)F)n1. The molecule has 1 N–H and O–H groups in total. The number of halogens is 3. The van der Waals surface area contributed by atoms with Gasteiger partial charge < -0.3 is 10.1 Å². The summed E-state index contributed by atoms with van der Waals surface area (Å²) in [6.45, 7) is 2.36. The number of nitrogens with one attached hydrogen (secondary N) is 1. The number of rotatable bonds is 5. The van der Waals surface area contributed by atoms with Gasteiger partial charge in [0, 0.05) is 19.7 Å². The van der Waals surface area contributed by atoms with Crippen molar-refractivity contribution in [1.29, 1.82) is 0 Å². The lowest BCUT2D eigenvalue weighted by Crippen LogP contribution is -2.14. The van der Waals surface area contributed by atoms with Gasteiger partial charge in [-0.15, -0.1) is 5.10 Å². The van der Waals surface area contributed by atoms with Gasteiger partial charge in [-0.1, -0.05) is 6.92 Å². The maximum absolute atomic E-state index is 12.8. The van der Waals surface area contributed by atoms with E-state index in [-0.39, 0.29) is 17.7 Å². The summed E-state index contributed by atoms with van der Waals surface area (Å²) < 4.78 is 44.8. The largest absolute Gasteiger partial charge is 0.451 e. The third-order valence-corrected chi connectivity index (χ3v) is 2.29. The fraction of sp³-hybridized carbons (Fsp3) is 0.455. The zero-order chi connectivity index (χ0) is 15.5. The van der Waals surface area contributed by atoms with Crippen molar-refractivity contribution in [3.05, 3.63) is 18.2 Å². The summed E-state index contributed by atoms with van der Waals surface area (Å²) >= 11 is 0. The smallest absolute Gasteiger partial charge is 0.404 e. The van der Waals surface area contributed by atoms with Crippen molar-refractivity contribution in [3.8, 4) is 11.9 Å². The van der Waals surface area contributed by atoms with Crippen molar-refractivity contribution in [1.82, 2.24) is 24.7 Å². The van der Waals surface area contributed by atoms with Crippen LogP contribution in [0.3, 0.4) is 0 Å². The summed E-state index contributed by atoms with van der Waals surface area (Å²) in [4.78, 5) is 10.5. The molecule has 0 amide bonds. The van der Waals surface area contributed by atoms with Crippen LogP contribution in [0.4, 0.5) is 19.0 Å². The van der Waals surface area contributed by atoms with Gasteiger partial charge in [-0.05, 0) is 6.42 Å². The van der Waals surface area contributed by atoms with Crippen LogP contribution in [0.15, 0.2) is 12.4 Å². The summed E-state index contributed by atoms with van der Waals surface area (Å²) in [5, 5.41) is 6.57. The van der Waals surface area contributed by atoms with Gasteiger partial charge in [0.15, 0.2) is 0 Å². The van der Waals surface area contributed by atoms with Gasteiger partial charge in [0.2, 0.25) is 11.7 Å². The maximum Gasteiger partial charge on any atom is 0.451 e. The van der Waals surface area contributed by atoms with Crippen molar-refractivity contribution < 1.29 is 17.9 Å². The second-order valence-corrected chi connectivity index (χ2v) is 4.14. The average Bonchev–Trinajstić information content (AvgIpc) is 2.80. The van der Waals surface area contributed by atoms with E-state index in [0.717, 1.165) is 6.42 Å². The van der Waals surface area contributed by atoms with E-state index < -0.39 is 12.0 Å². The fourth-order valence-corrected chi connectivity index (χ4v) is 1.41. The molecule has 2 aromatic rings. The predicted octanol–water partition coefficient (Wildman–Crippen LogP) is 2.24. The second kappa shape index (κ2) is 5.94. The number of hydrogen-bond acceptors (Lipinski definition) is 6. The Kier molecular flexibility index (Phi) is 4.24. The van der Waals surface area contributed by atoms with E-state index >= 15 is 0 Å². The molecular formula is C11H13F3N6O. The van der Waals surface area contributed by atoms with Gasteiger partial charge in [0.1, 0.15) is 12.1 Å². The van der Waals surface area contributed by atoms with Crippen molar-refractivity contribution in [3.63, 3.8) is 0 Å². The Labute approximate surface area is 118 Å². The van der Waals surface area contributed by atoms with Crippen LogP contribution in [-0.2, 0) is 13.2 Å². The fourth-order valence-electron chi connectivity index (χ4n) is 1.41. The number of alkyl halides is 3. The van der Waals surface area contributed by atoms with Gasteiger partial charge in [-0.25, -0.2) is 4.98 Å².